The van der Waals surface area contributed by atoms with Crippen LogP contribution in [0.4, 0.5) is 16.2 Å². The van der Waals surface area contributed by atoms with Gasteiger partial charge in [0.1, 0.15) is 5.54 Å². The zero-order chi connectivity index (χ0) is 22.5. The number of aryl methyl sites for hydroxylation is 1. The quantitative estimate of drug-likeness (QED) is 0.676. The first-order chi connectivity index (χ1) is 15.4. The monoisotopic (exact) mass is 433 g/mol. The highest BCUT2D eigenvalue weighted by molar-refractivity contribution is 6.09. The van der Waals surface area contributed by atoms with E-state index in [2.05, 4.69) is 20.9 Å². The molecule has 1 spiro atoms. The van der Waals surface area contributed by atoms with Gasteiger partial charge >= 0.3 is 6.03 Å². The minimum atomic E-state index is -1.04. The Bertz CT molecular complexity index is 1100. The molecule has 2 aromatic rings. The highest BCUT2D eigenvalue weighted by atomic mass is 16.2. The number of amides is 4. The largest absolute Gasteiger partial charge is 0.359 e. The molecule has 0 radical (unpaired) electrons. The normalized spacial score (nSPS) is 26.4. The third-order valence-corrected chi connectivity index (χ3v) is 7.00. The SMILES string of the molecule is CNC(=O)[C@@H]1C[C@@H]2CN(C(=O)Nc3cccc(C)c3)CCN2[C@@]12C(=O)Nc1ccccc12. The van der Waals surface area contributed by atoms with Gasteiger partial charge in [0.05, 0.1) is 5.92 Å². The maximum Gasteiger partial charge on any atom is 0.321 e. The Morgan fingerprint density at radius 1 is 1.12 bits per heavy atom. The van der Waals surface area contributed by atoms with Crippen LogP contribution >= 0.6 is 0 Å². The fourth-order valence-electron chi connectivity index (χ4n) is 5.64. The van der Waals surface area contributed by atoms with Crippen LogP contribution < -0.4 is 16.0 Å². The predicted molar refractivity (Wildman–Crippen MR) is 121 cm³/mol. The smallest absolute Gasteiger partial charge is 0.321 e. The molecule has 0 bridgehead atoms. The first kappa shape index (κ1) is 20.5. The van der Waals surface area contributed by atoms with Crippen LogP contribution in [0.15, 0.2) is 48.5 Å². The van der Waals surface area contributed by atoms with E-state index in [1.165, 1.54) is 0 Å². The minimum Gasteiger partial charge on any atom is -0.359 e. The highest BCUT2D eigenvalue weighted by Gasteiger charge is 2.65. The Morgan fingerprint density at radius 2 is 1.94 bits per heavy atom. The number of piperazine rings is 1. The van der Waals surface area contributed by atoms with Gasteiger partial charge in [-0.05, 0) is 37.1 Å². The molecule has 3 N–H and O–H groups in total. The van der Waals surface area contributed by atoms with Crippen LogP contribution in [-0.2, 0) is 15.1 Å². The molecule has 2 fully saturated rings. The summed E-state index contributed by atoms with van der Waals surface area (Å²) in [7, 11) is 1.60. The molecule has 2 saturated heterocycles. The van der Waals surface area contributed by atoms with Crippen molar-refractivity contribution in [1.82, 2.24) is 15.1 Å². The first-order valence-electron chi connectivity index (χ1n) is 11.0. The molecule has 32 heavy (non-hydrogen) atoms. The average Bonchev–Trinajstić information content (AvgIpc) is 3.29. The molecular weight excluding hydrogens is 406 g/mol. The molecule has 166 valence electrons. The Balaban J connectivity index is 1.43. The number of anilines is 2. The van der Waals surface area contributed by atoms with Crippen molar-refractivity contribution in [2.45, 2.75) is 24.9 Å². The Kier molecular flexibility index (Phi) is 4.89. The van der Waals surface area contributed by atoms with Gasteiger partial charge in [-0.1, -0.05) is 30.3 Å². The fraction of sp³-hybridized carbons (Fsp3) is 0.375. The molecule has 0 saturated carbocycles. The zero-order valence-corrected chi connectivity index (χ0v) is 18.2. The van der Waals surface area contributed by atoms with E-state index in [-0.39, 0.29) is 23.9 Å². The number of hydrogen-bond donors (Lipinski definition) is 3. The molecule has 3 heterocycles. The van der Waals surface area contributed by atoms with Gasteiger partial charge in [-0.25, -0.2) is 4.79 Å². The standard InChI is InChI=1S/C24H27N5O3/c1-15-6-5-7-16(12-15)26-23(32)28-10-11-29-17(14-28)13-19(21(30)25-2)24(29)18-8-3-4-9-20(18)27-22(24)31/h3-9,12,17,19H,10-11,13-14H2,1-2H3,(H,25,30)(H,26,32)(H,27,31)/t17-,19+,24-/m1/s1. The molecule has 0 aliphatic carbocycles. The number of para-hydroxylation sites is 1. The van der Waals surface area contributed by atoms with E-state index >= 15 is 0 Å². The van der Waals surface area contributed by atoms with Crippen LogP contribution in [0.1, 0.15) is 17.5 Å². The number of benzene rings is 2. The third-order valence-electron chi connectivity index (χ3n) is 7.00. The minimum absolute atomic E-state index is 0.0915. The van der Waals surface area contributed by atoms with Crippen LogP contribution in [0, 0.1) is 12.8 Å². The van der Waals surface area contributed by atoms with Gasteiger partial charge in [0.2, 0.25) is 11.8 Å². The molecule has 5 rings (SSSR count). The van der Waals surface area contributed by atoms with Crippen molar-refractivity contribution < 1.29 is 14.4 Å². The third kappa shape index (κ3) is 2.97. The predicted octanol–water partition coefficient (Wildman–Crippen LogP) is 2.13. The van der Waals surface area contributed by atoms with Crippen LogP contribution in [0.2, 0.25) is 0 Å². The van der Waals surface area contributed by atoms with Crippen LogP contribution in [0.25, 0.3) is 0 Å². The molecule has 0 unspecified atom stereocenters. The number of hydrogen-bond acceptors (Lipinski definition) is 4. The second-order valence-electron chi connectivity index (χ2n) is 8.76. The molecule has 4 amide bonds. The summed E-state index contributed by atoms with van der Waals surface area (Å²) in [6.45, 7) is 3.44. The summed E-state index contributed by atoms with van der Waals surface area (Å²) in [6, 6.07) is 15.0. The van der Waals surface area contributed by atoms with Crippen molar-refractivity contribution in [3.63, 3.8) is 0 Å². The van der Waals surface area contributed by atoms with Gasteiger partial charge in [0, 0.05) is 49.7 Å². The molecular formula is C24H27N5O3. The number of fused-ring (bicyclic) bond motifs is 4. The van der Waals surface area contributed by atoms with Crippen LogP contribution in [0.3, 0.4) is 0 Å². The van der Waals surface area contributed by atoms with Crippen LogP contribution in [-0.4, -0.2) is 60.4 Å². The van der Waals surface area contributed by atoms with E-state index in [0.29, 0.717) is 26.1 Å². The van der Waals surface area contributed by atoms with Crippen LogP contribution in [0.5, 0.6) is 0 Å². The highest BCUT2D eigenvalue weighted by Crippen LogP contribution is 2.53. The van der Waals surface area contributed by atoms with Crippen molar-refractivity contribution in [3.05, 3.63) is 59.7 Å². The van der Waals surface area contributed by atoms with Gasteiger partial charge in [0.15, 0.2) is 0 Å². The second kappa shape index (κ2) is 7.63. The maximum atomic E-state index is 13.4. The lowest BCUT2D eigenvalue weighted by Crippen LogP contribution is -2.61. The summed E-state index contributed by atoms with van der Waals surface area (Å²) < 4.78 is 0. The lowest BCUT2D eigenvalue weighted by atomic mass is 9.78. The zero-order valence-electron chi connectivity index (χ0n) is 18.2. The van der Waals surface area contributed by atoms with E-state index in [9.17, 15) is 14.4 Å². The van der Waals surface area contributed by atoms with Crippen molar-refractivity contribution in [3.8, 4) is 0 Å². The summed E-state index contributed by atoms with van der Waals surface area (Å²) in [5.41, 5.74) is 2.39. The van der Waals surface area contributed by atoms with E-state index in [0.717, 1.165) is 22.5 Å². The number of nitrogens with zero attached hydrogens (tertiary/aromatic N) is 2. The topological polar surface area (TPSA) is 93.8 Å². The maximum absolute atomic E-state index is 13.4. The lowest BCUT2D eigenvalue weighted by molar-refractivity contribution is -0.138. The Hall–Kier alpha value is -3.39. The molecule has 0 aromatic heterocycles. The summed E-state index contributed by atoms with van der Waals surface area (Å²) in [5.74, 6) is -0.838. The molecule has 3 atom stereocenters. The number of nitrogens with one attached hydrogen (secondary N) is 3. The van der Waals surface area contributed by atoms with Crippen molar-refractivity contribution in [2.24, 2.45) is 5.92 Å². The van der Waals surface area contributed by atoms with E-state index in [4.69, 9.17) is 0 Å². The summed E-state index contributed by atoms with van der Waals surface area (Å²) in [6.07, 6.45) is 0.510. The van der Waals surface area contributed by atoms with Gasteiger partial charge < -0.3 is 20.9 Å². The summed E-state index contributed by atoms with van der Waals surface area (Å²) >= 11 is 0. The second-order valence-corrected chi connectivity index (χ2v) is 8.76. The van der Waals surface area contributed by atoms with Gasteiger partial charge in [-0.2, -0.15) is 0 Å². The fourth-order valence-corrected chi connectivity index (χ4v) is 5.64. The Morgan fingerprint density at radius 3 is 2.72 bits per heavy atom. The summed E-state index contributed by atoms with van der Waals surface area (Å²) in [4.78, 5) is 43.2. The van der Waals surface area contributed by atoms with Crippen molar-refractivity contribution in [1.29, 1.82) is 0 Å². The lowest BCUT2D eigenvalue weighted by Gasteiger charge is -2.44. The number of carbonyl (C=O) groups excluding carboxylic acids is 3. The number of rotatable bonds is 2. The van der Waals surface area contributed by atoms with E-state index in [1.54, 1.807) is 11.9 Å². The van der Waals surface area contributed by atoms with Gasteiger partial charge in [-0.15, -0.1) is 0 Å². The molecule has 3 aliphatic rings. The molecule has 8 nitrogen and oxygen atoms in total. The van der Waals surface area contributed by atoms with Gasteiger partial charge in [0.25, 0.3) is 0 Å². The van der Waals surface area contributed by atoms with E-state index < -0.39 is 11.5 Å². The van der Waals surface area contributed by atoms with Crippen molar-refractivity contribution in [2.75, 3.05) is 37.3 Å². The molecule has 3 aliphatic heterocycles. The summed E-state index contributed by atoms with van der Waals surface area (Å²) in [5, 5.41) is 8.72. The van der Waals surface area contributed by atoms with Crippen molar-refractivity contribution >= 4 is 29.2 Å². The number of urea groups is 1. The Labute approximate surface area is 187 Å². The molecule has 2 aromatic carbocycles. The van der Waals surface area contributed by atoms with E-state index in [1.807, 2.05) is 55.5 Å². The average molecular weight is 434 g/mol. The first-order valence-corrected chi connectivity index (χ1v) is 11.0. The molecule has 8 heteroatoms. The van der Waals surface area contributed by atoms with Gasteiger partial charge in [-0.3, -0.25) is 14.5 Å². The number of carbonyl (C=O) groups is 3.